The number of hydrogen-bond acceptors (Lipinski definition) is 5. The Labute approximate surface area is 230 Å². The fourth-order valence-corrected chi connectivity index (χ4v) is 8.45. The topological polar surface area (TPSA) is 43.6 Å². The molecule has 0 saturated heterocycles. The van der Waals surface area contributed by atoms with Gasteiger partial charge in [0.15, 0.2) is 0 Å². The van der Waals surface area contributed by atoms with Crippen molar-refractivity contribution >= 4 is 85.1 Å². The molecule has 0 atom stereocenters. The molecule has 6 heteroatoms. The summed E-state index contributed by atoms with van der Waals surface area (Å²) in [6.07, 6.45) is 1.80. The number of pyridine rings is 3. The summed E-state index contributed by atoms with van der Waals surface area (Å²) in [5.74, 6) is 0.906. The Morgan fingerprint density at radius 1 is 0.538 bits per heavy atom. The molecule has 0 unspecified atom stereocenters. The Hall–Kier alpha value is -4.65. The minimum atomic E-state index is 0.849. The zero-order valence-corrected chi connectivity index (χ0v) is 22.1. The van der Waals surface area contributed by atoms with Gasteiger partial charge < -0.3 is 0 Å². The van der Waals surface area contributed by atoms with Crippen molar-refractivity contribution in [2.45, 2.75) is 0 Å². The third-order valence-corrected chi connectivity index (χ3v) is 10.0. The Morgan fingerprint density at radius 3 is 2.15 bits per heavy atom. The van der Waals surface area contributed by atoms with Crippen LogP contribution in [-0.2, 0) is 0 Å². The van der Waals surface area contributed by atoms with Crippen LogP contribution in [0.15, 0.2) is 109 Å². The molecule has 0 saturated carbocycles. The quantitative estimate of drug-likeness (QED) is 0.208. The van der Waals surface area contributed by atoms with Gasteiger partial charge in [-0.15, -0.1) is 22.7 Å². The summed E-state index contributed by atoms with van der Waals surface area (Å²) >= 11 is 3.76. The monoisotopic (exact) mass is 534 g/mol. The van der Waals surface area contributed by atoms with Gasteiger partial charge in [0.25, 0.3) is 0 Å². The van der Waals surface area contributed by atoms with Gasteiger partial charge in [-0.25, -0.2) is 9.97 Å². The maximum Gasteiger partial charge on any atom is 0.138 e. The predicted molar refractivity (Wildman–Crippen MR) is 165 cm³/mol. The van der Waals surface area contributed by atoms with Crippen molar-refractivity contribution in [3.63, 3.8) is 0 Å². The maximum atomic E-state index is 5.31. The number of aromatic nitrogens is 4. The second kappa shape index (κ2) is 7.93. The van der Waals surface area contributed by atoms with E-state index in [-0.39, 0.29) is 0 Å². The molecular formula is C33H18N4S2. The number of benzene rings is 3. The third kappa shape index (κ3) is 3.01. The van der Waals surface area contributed by atoms with Crippen molar-refractivity contribution in [3.8, 4) is 17.2 Å². The highest BCUT2D eigenvalue weighted by molar-refractivity contribution is 7.37. The van der Waals surface area contributed by atoms with E-state index in [0.29, 0.717) is 0 Å². The van der Waals surface area contributed by atoms with Crippen LogP contribution in [0.3, 0.4) is 0 Å². The van der Waals surface area contributed by atoms with E-state index in [1.807, 2.05) is 46.9 Å². The molecular weight excluding hydrogens is 517 g/mol. The Morgan fingerprint density at radius 2 is 1.28 bits per heavy atom. The van der Waals surface area contributed by atoms with E-state index in [9.17, 15) is 0 Å². The average Bonchev–Trinajstić information content (AvgIpc) is 3.64. The van der Waals surface area contributed by atoms with Crippen LogP contribution < -0.4 is 0 Å². The standard InChI is InChI=1S/C33H18N4S2/c1-3-10-25-21(7-1)31-30(33-32(39-31)22-8-2-4-11-26(22)38-33)37(25)27-17-15-20-13-12-19-14-16-24(23-9-5-6-18-34-23)35-28(19)29(20)36-27/h1-18H. The van der Waals surface area contributed by atoms with Gasteiger partial charge in [0, 0.05) is 32.4 Å². The van der Waals surface area contributed by atoms with Crippen molar-refractivity contribution in [2.24, 2.45) is 0 Å². The van der Waals surface area contributed by atoms with Crippen LogP contribution in [0.2, 0.25) is 0 Å². The van der Waals surface area contributed by atoms with Gasteiger partial charge in [-0.3, -0.25) is 9.55 Å². The lowest BCUT2D eigenvalue weighted by Gasteiger charge is -2.10. The van der Waals surface area contributed by atoms with Crippen molar-refractivity contribution in [1.82, 2.24) is 19.5 Å². The van der Waals surface area contributed by atoms with Gasteiger partial charge in [0.2, 0.25) is 0 Å². The molecule has 9 rings (SSSR count). The predicted octanol–water partition coefficient (Wildman–Crippen LogP) is 9.37. The first-order chi connectivity index (χ1) is 19.3. The molecule has 0 N–H and O–H groups in total. The number of thiophene rings is 2. The Bertz CT molecular complexity index is 2400. The van der Waals surface area contributed by atoms with Crippen LogP contribution in [0.1, 0.15) is 0 Å². The minimum Gasteiger partial charge on any atom is -0.291 e. The summed E-state index contributed by atoms with van der Waals surface area (Å²) in [6, 6.07) is 36.0. The summed E-state index contributed by atoms with van der Waals surface area (Å²) in [6.45, 7) is 0. The van der Waals surface area contributed by atoms with Crippen molar-refractivity contribution < 1.29 is 0 Å². The SMILES string of the molecule is c1ccc(-c2ccc3ccc4ccc(-n5c6ccccc6c6sc7c8ccccc8sc7c65)nc4c3n2)nc1. The molecule has 39 heavy (non-hydrogen) atoms. The number of hydrogen-bond donors (Lipinski definition) is 0. The summed E-state index contributed by atoms with van der Waals surface area (Å²) < 4.78 is 7.66. The normalized spacial score (nSPS) is 12.1. The molecule has 0 aliphatic heterocycles. The molecule has 4 nitrogen and oxygen atoms in total. The van der Waals surface area contributed by atoms with Crippen LogP contribution in [0.4, 0.5) is 0 Å². The molecule has 0 radical (unpaired) electrons. The fourth-order valence-electron chi connectivity index (χ4n) is 5.68. The van der Waals surface area contributed by atoms with Gasteiger partial charge in [-0.2, -0.15) is 0 Å². The lowest BCUT2D eigenvalue weighted by molar-refractivity contribution is 1.11. The first-order valence-corrected chi connectivity index (χ1v) is 14.4. The van der Waals surface area contributed by atoms with Crippen molar-refractivity contribution in [3.05, 3.63) is 109 Å². The second-order valence-corrected chi connectivity index (χ2v) is 11.8. The molecule has 0 spiro atoms. The lowest BCUT2D eigenvalue weighted by atomic mass is 10.1. The van der Waals surface area contributed by atoms with Crippen LogP contribution in [-0.4, -0.2) is 19.5 Å². The summed E-state index contributed by atoms with van der Waals surface area (Å²) in [5, 5.41) is 4.73. The Kier molecular flexibility index (Phi) is 4.33. The molecule has 0 bridgehead atoms. The molecule has 0 aliphatic carbocycles. The molecule has 0 amide bonds. The molecule has 9 aromatic rings. The third-order valence-electron chi connectivity index (χ3n) is 7.46. The van der Waals surface area contributed by atoms with Crippen molar-refractivity contribution in [1.29, 1.82) is 0 Å². The van der Waals surface area contributed by atoms with Gasteiger partial charge >= 0.3 is 0 Å². The van der Waals surface area contributed by atoms with E-state index in [0.717, 1.165) is 39.0 Å². The van der Waals surface area contributed by atoms with Gasteiger partial charge in [0.05, 0.1) is 47.6 Å². The van der Waals surface area contributed by atoms with Crippen molar-refractivity contribution in [2.75, 3.05) is 0 Å². The van der Waals surface area contributed by atoms with Crippen LogP contribution in [0, 0.1) is 0 Å². The van der Waals surface area contributed by atoms with E-state index in [4.69, 9.17) is 9.97 Å². The first-order valence-electron chi connectivity index (χ1n) is 12.8. The van der Waals surface area contributed by atoms with E-state index in [1.165, 1.54) is 40.6 Å². The number of fused-ring (bicyclic) bond motifs is 10. The van der Waals surface area contributed by atoms with E-state index in [2.05, 4.69) is 88.4 Å². The van der Waals surface area contributed by atoms with Crippen LogP contribution >= 0.6 is 22.7 Å². The van der Waals surface area contributed by atoms with E-state index >= 15 is 0 Å². The highest BCUT2D eigenvalue weighted by atomic mass is 32.1. The summed E-state index contributed by atoms with van der Waals surface area (Å²) in [5.41, 5.74) is 5.91. The zero-order chi connectivity index (χ0) is 25.5. The van der Waals surface area contributed by atoms with Gasteiger partial charge in [-0.1, -0.05) is 60.7 Å². The summed E-state index contributed by atoms with van der Waals surface area (Å²) in [4.78, 5) is 14.9. The van der Waals surface area contributed by atoms with Gasteiger partial charge in [0.1, 0.15) is 5.82 Å². The number of nitrogens with zero attached hydrogens (tertiary/aromatic N) is 4. The van der Waals surface area contributed by atoms with Crippen LogP contribution in [0.5, 0.6) is 0 Å². The summed E-state index contributed by atoms with van der Waals surface area (Å²) in [7, 11) is 0. The van der Waals surface area contributed by atoms with Crippen LogP contribution in [0.25, 0.3) is 79.6 Å². The van der Waals surface area contributed by atoms with Gasteiger partial charge in [-0.05, 0) is 42.5 Å². The van der Waals surface area contributed by atoms with E-state index < -0.39 is 0 Å². The second-order valence-electron chi connectivity index (χ2n) is 9.68. The molecule has 3 aromatic carbocycles. The lowest BCUT2D eigenvalue weighted by Crippen LogP contribution is -1.98. The Balaban J connectivity index is 1.38. The number of para-hydroxylation sites is 1. The van der Waals surface area contributed by atoms with E-state index in [1.54, 1.807) is 6.20 Å². The highest BCUT2D eigenvalue weighted by Crippen LogP contribution is 2.48. The largest absolute Gasteiger partial charge is 0.291 e. The molecule has 6 aromatic heterocycles. The smallest absolute Gasteiger partial charge is 0.138 e. The average molecular weight is 535 g/mol. The number of rotatable bonds is 2. The minimum absolute atomic E-state index is 0.849. The molecule has 0 fully saturated rings. The zero-order valence-electron chi connectivity index (χ0n) is 20.5. The highest BCUT2D eigenvalue weighted by Gasteiger charge is 2.21. The fraction of sp³-hybridized carbons (Fsp3) is 0. The molecule has 182 valence electrons. The molecule has 0 aliphatic rings. The maximum absolute atomic E-state index is 5.31. The molecule has 6 heterocycles. The first kappa shape index (κ1) is 21.3.